The highest BCUT2D eigenvalue weighted by Crippen LogP contribution is 2.19. The number of amides is 1. The molecule has 0 atom stereocenters. The van der Waals surface area contributed by atoms with Crippen molar-refractivity contribution in [1.82, 2.24) is 14.9 Å². The fourth-order valence-electron chi connectivity index (χ4n) is 3.03. The second-order valence-electron chi connectivity index (χ2n) is 6.24. The predicted octanol–water partition coefficient (Wildman–Crippen LogP) is 3.97. The van der Waals surface area contributed by atoms with Crippen LogP contribution in [0.15, 0.2) is 83.9 Å². The van der Waals surface area contributed by atoms with E-state index < -0.39 is 0 Å². The summed E-state index contributed by atoms with van der Waals surface area (Å²) in [5.74, 6) is -0.274. The van der Waals surface area contributed by atoms with E-state index in [0.717, 1.165) is 5.69 Å². The summed E-state index contributed by atoms with van der Waals surface area (Å²) in [4.78, 5) is 30.1. The summed E-state index contributed by atoms with van der Waals surface area (Å²) >= 11 is 5.96. The van der Waals surface area contributed by atoms with E-state index >= 15 is 0 Å². The van der Waals surface area contributed by atoms with Crippen LogP contribution in [0.3, 0.4) is 0 Å². The second-order valence-corrected chi connectivity index (χ2v) is 6.68. The molecule has 0 bridgehead atoms. The number of benzene rings is 2. The summed E-state index contributed by atoms with van der Waals surface area (Å²) in [7, 11) is 0. The van der Waals surface area contributed by atoms with Crippen LogP contribution in [0.5, 0.6) is 0 Å². The Morgan fingerprint density at radius 2 is 1.68 bits per heavy atom. The normalized spacial score (nSPS) is 10.8. The number of fused-ring (bicyclic) bond motifs is 1. The molecular weight excluding hydrogens is 374 g/mol. The second kappa shape index (κ2) is 7.66. The first-order valence-electron chi connectivity index (χ1n) is 8.72. The number of nitrogens with one attached hydrogen (secondary N) is 1. The molecule has 0 aliphatic rings. The minimum absolute atomic E-state index is 0.195. The van der Waals surface area contributed by atoms with Crippen molar-refractivity contribution < 1.29 is 4.79 Å². The Morgan fingerprint density at radius 3 is 2.39 bits per heavy atom. The molecule has 4 aromatic rings. The van der Waals surface area contributed by atoms with Gasteiger partial charge in [-0.15, -0.1) is 0 Å². The van der Waals surface area contributed by atoms with Crippen LogP contribution in [0.2, 0.25) is 5.02 Å². The van der Waals surface area contributed by atoms with Gasteiger partial charge in [0, 0.05) is 33.9 Å². The van der Waals surface area contributed by atoms with Gasteiger partial charge in [-0.1, -0.05) is 35.9 Å². The molecule has 0 unspecified atom stereocenters. The van der Waals surface area contributed by atoms with Crippen molar-refractivity contribution in [3.05, 3.63) is 106 Å². The first-order valence-corrected chi connectivity index (χ1v) is 9.10. The standard InChI is InChI=1S/C22H16ClN3O2/c23-15-8-10-17(11-9-15)26-14-20(18-6-1-2-7-19(18)22(26)28)21(27)25-13-16-5-3-4-12-24-16/h1-12,14H,13H2,(H,25,27). The maximum absolute atomic E-state index is 13.0. The molecule has 0 radical (unpaired) electrons. The summed E-state index contributed by atoms with van der Waals surface area (Å²) in [5.41, 5.74) is 1.62. The fourth-order valence-corrected chi connectivity index (χ4v) is 3.16. The molecule has 5 nitrogen and oxygen atoms in total. The Kier molecular flexibility index (Phi) is 4.91. The topological polar surface area (TPSA) is 64.0 Å². The van der Waals surface area contributed by atoms with Gasteiger partial charge >= 0.3 is 0 Å². The van der Waals surface area contributed by atoms with Crippen LogP contribution in [-0.2, 0) is 6.54 Å². The van der Waals surface area contributed by atoms with Crippen LogP contribution >= 0.6 is 11.6 Å². The third-order valence-corrected chi connectivity index (χ3v) is 4.68. The van der Waals surface area contributed by atoms with Crippen molar-refractivity contribution in [3.8, 4) is 5.69 Å². The number of hydrogen-bond donors (Lipinski definition) is 1. The molecule has 0 spiro atoms. The maximum Gasteiger partial charge on any atom is 0.262 e. The Labute approximate surface area is 166 Å². The van der Waals surface area contributed by atoms with Gasteiger partial charge in [0.1, 0.15) is 0 Å². The number of pyridine rings is 2. The predicted molar refractivity (Wildman–Crippen MR) is 110 cm³/mol. The minimum Gasteiger partial charge on any atom is -0.346 e. The summed E-state index contributed by atoms with van der Waals surface area (Å²) in [6, 6.07) is 19.5. The Morgan fingerprint density at radius 1 is 0.964 bits per heavy atom. The van der Waals surface area contributed by atoms with Crippen molar-refractivity contribution in [2.45, 2.75) is 6.54 Å². The Balaban J connectivity index is 1.78. The van der Waals surface area contributed by atoms with E-state index in [9.17, 15) is 9.59 Å². The zero-order chi connectivity index (χ0) is 19.5. The molecule has 1 N–H and O–H groups in total. The van der Waals surface area contributed by atoms with E-state index in [1.54, 1.807) is 54.9 Å². The van der Waals surface area contributed by atoms with Crippen molar-refractivity contribution in [3.63, 3.8) is 0 Å². The van der Waals surface area contributed by atoms with Gasteiger partial charge in [0.2, 0.25) is 0 Å². The lowest BCUT2D eigenvalue weighted by Gasteiger charge is -2.13. The maximum atomic E-state index is 13.0. The molecule has 0 aliphatic heterocycles. The monoisotopic (exact) mass is 389 g/mol. The first-order chi connectivity index (χ1) is 13.6. The van der Waals surface area contributed by atoms with Crippen LogP contribution in [0, 0.1) is 0 Å². The zero-order valence-corrected chi connectivity index (χ0v) is 15.6. The molecule has 138 valence electrons. The smallest absolute Gasteiger partial charge is 0.262 e. The van der Waals surface area contributed by atoms with E-state index in [-0.39, 0.29) is 11.5 Å². The summed E-state index contributed by atoms with van der Waals surface area (Å²) in [6.45, 7) is 0.300. The van der Waals surface area contributed by atoms with Gasteiger partial charge in [0.05, 0.1) is 17.8 Å². The SMILES string of the molecule is O=C(NCc1ccccn1)c1cn(-c2ccc(Cl)cc2)c(=O)c2ccccc12. The minimum atomic E-state index is -0.274. The molecule has 6 heteroatoms. The van der Waals surface area contributed by atoms with Crippen LogP contribution in [0.1, 0.15) is 16.1 Å². The fraction of sp³-hybridized carbons (Fsp3) is 0.0455. The van der Waals surface area contributed by atoms with E-state index in [4.69, 9.17) is 11.6 Å². The summed E-state index contributed by atoms with van der Waals surface area (Å²) in [5, 5.41) is 4.53. The highest BCUT2D eigenvalue weighted by Gasteiger charge is 2.15. The average Bonchev–Trinajstić information content (AvgIpc) is 2.74. The van der Waals surface area contributed by atoms with Gasteiger partial charge in [-0.05, 0) is 42.5 Å². The molecule has 0 saturated carbocycles. The van der Waals surface area contributed by atoms with Crippen molar-refractivity contribution in [2.24, 2.45) is 0 Å². The van der Waals surface area contributed by atoms with Gasteiger partial charge in [-0.25, -0.2) is 0 Å². The lowest BCUT2D eigenvalue weighted by molar-refractivity contribution is 0.0951. The highest BCUT2D eigenvalue weighted by atomic mass is 35.5. The zero-order valence-electron chi connectivity index (χ0n) is 14.8. The number of nitrogens with zero attached hydrogens (tertiary/aromatic N) is 2. The van der Waals surface area contributed by atoms with Gasteiger partial charge in [-0.3, -0.25) is 19.1 Å². The Bertz CT molecular complexity index is 1200. The lowest BCUT2D eigenvalue weighted by atomic mass is 10.1. The van der Waals surface area contributed by atoms with Crippen molar-refractivity contribution in [2.75, 3.05) is 0 Å². The molecule has 2 aromatic carbocycles. The third-order valence-electron chi connectivity index (χ3n) is 4.43. The van der Waals surface area contributed by atoms with E-state index in [2.05, 4.69) is 10.3 Å². The molecule has 0 fully saturated rings. The van der Waals surface area contributed by atoms with Crippen LogP contribution in [0.4, 0.5) is 0 Å². The quantitative estimate of drug-likeness (QED) is 0.574. The third kappa shape index (κ3) is 3.52. The van der Waals surface area contributed by atoms with Gasteiger partial charge in [-0.2, -0.15) is 0 Å². The van der Waals surface area contributed by atoms with Crippen LogP contribution in [0.25, 0.3) is 16.5 Å². The van der Waals surface area contributed by atoms with Crippen molar-refractivity contribution in [1.29, 1.82) is 0 Å². The molecule has 1 amide bonds. The van der Waals surface area contributed by atoms with Gasteiger partial charge < -0.3 is 5.32 Å². The number of aromatic nitrogens is 2. The molecule has 0 aliphatic carbocycles. The number of rotatable bonds is 4. The summed E-state index contributed by atoms with van der Waals surface area (Å²) in [6.07, 6.45) is 3.25. The Hall–Kier alpha value is -3.44. The van der Waals surface area contributed by atoms with E-state index in [0.29, 0.717) is 33.6 Å². The molecule has 28 heavy (non-hydrogen) atoms. The summed E-state index contributed by atoms with van der Waals surface area (Å²) < 4.78 is 1.47. The van der Waals surface area contributed by atoms with Crippen LogP contribution in [-0.4, -0.2) is 15.5 Å². The lowest BCUT2D eigenvalue weighted by Crippen LogP contribution is -2.27. The molecule has 0 saturated heterocycles. The van der Waals surface area contributed by atoms with Crippen molar-refractivity contribution >= 4 is 28.3 Å². The van der Waals surface area contributed by atoms with Gasteiger partial charge in [0.25, 0.3) is 11.5 Å². The van der Waals surface area contributed by atoms with Crippen LogP contribution < -0.4 is 10.9 Å². The van der Waals surface area contributed by atoms with E-state index in [1.165, 1.54) is 4.57 Å². The van der Waals surface area contributed by atoms with E-state index in [1.807, 2.05) is 24.3 Å². The molecule has 4 rings (SSSR count). The molecule has 2 heterocycles. The number of halogens is 1. The first kappa shape index (κ1) is 17.9. The number of hydrogen-bond acceptors (Lipinski definition) is 3. The number of carbonyl (C=O) groups excluding carboxylic acids is 1. The average molecular weight is 390 g/mol. The highest BCUT2D eigenvalue weighted by molar-refractivity contribution is 6.30. The number of carbonyl (C=O) groups is 1. The molecular formula is C22H16ClN3O2. The molecule has 2 aromatic heterocycles. The van der Waals surface area contributed by atoms with Gasteiger partial charge in [0.15, 0.2) is 0 Å². The largest absolute Gasteiger partial charge is 0.346 e.